The molecule has 0 saturated heterocycles. The second kappa shape index (κ2) is 10.0. The van der Waals surface area contributed by atoms with Crippen LogP contribution in [0.4, 0.5) is 11.4 Å². The van der Waals surface area contributed by atoms with Crippen molar-refractivity contribution in [2.75, 3.05) is 15.8 Å². The highest BCUT2D eigenvalue weighted by atomic mass is 32.2. The van der Waals surface area contributed by atoms with Crippen LogP contribution in [0.25, 0.3) is 0 Å². The Hall–Kier alpha value is -2.43. The van der Waals surface area contributed by atoms with Crippen LogP contribution in [0.5, 0.6) is 0 Å². The van der Waals surface area contributed by atoms with Crippen molar-refractivity contribution >= 4 is 37.3 Å². The summed E-state index contributed by atoms with van der Waals surface area (Å²) in [6, 6.07) is 11.6. The van der Waals surface area contributed by atoms with Crippen molar-refractivity contribution in [3.63, 3.8) is 0 Å². The smallest absolute Gasteiger partial charge is 0.240 e. The minimum Gasteiger partial charge on any atom is -0.326 e. The summed E-state index contributed by atoms with van der Waals surface area (Å²) in [5.74, 6) is -0.187. The Morgan fingerprint density at radius 3 is 2.28 bits per heavy atom. The zero-order valence-electron chi connectivity index (χ0n) is 18.2. The number of carbonyl (C=O) groups is 1. The number of hydrogen-bond acceptors (Lipinski definition) is 5. The maximum Gasteiger partial charge on any atom is 0.240 e. The van der Waals surface area contributed by atoms with Gasteiger partial charge in [-0.3, -0.25) is 9.52 Å². The maximum atomic E-state index is 12.4. The van der Waals surface area contributed by atoms with E-state index in [1.807, 2.05) is 0 Å². The lowest BCUT2D eigenvalue weighted by molar-refractivity contribution is -0.116. The van der Waals surface area contributed by atoms with Crippen LogP contribution in [0.1, 0.15) is 43.7 Å². The molecule has 0 bridgehead atoms. The van der Waals surface area contributed by atoms with E-state index < -0.39 is 20.0 Å². The first-order chi connectivity index (χ1) is 15.1. The molecule has 32 heavy (non-hydrogen) atoms. The van der Waals surface area contributed by atoms with E-state index in [1.54, 1.807) is 56.3 Å². The number of carbonyl (C=O) groups excluding carboxylic acids is 1. The Morgan fingerprint density at radius 2 is 1.66 bits per heavy atom. The van der Waals surface area contributed by atoms with Gasteiger partial charge in [0.1, 0.15) is 0 Å². The van der Waals surface area contributed by atoms with E-state index in [0.717, 1.165) is 18.4 Å². The average molecular weight is 480 g/mol. The highest BCUT2D eigenvalue weighted by Gasteiger charge is 2.27. The number of aryl methyl sites for hydroxylation is 1. The number of rotatable bonds is 11. The van der Waals surface area contributed by atoms with Gasteiger partial charge < -0.3 is 5.32 Å². The maximum absolute atomic E-state index is 12.4. The van der Waals surface area contributed by atoms with Crippen LogP contribution >= 0.6 is 0 Å². The van der Waals surface area contributed by atoms with Crippen LogP contribution in [0.3, 0.4) is 0 Å². The minimum atomic E-state index is -3.49. The normalized spacial score (nSPS) is 14.2. The second-order valence-corrected chi connectivity index (χ2v) is 11.5. The van der Waals surface area contributed by atoms with Gasteiger partial charge >= 0.3 is 0 Å². The molecule has 0 radical (unpaired) electrons. The summed E-state index contributed by atoms with van der Waals surface area (Å²) in [5.41, 5.74) is 2.47. The SMILES string of the molecule is CCCS(=O)(=O)Nc1cccc(NC(=O)CCc2ccc(S(=O)(=O)NC3CC3)cc2)c1C. The summed E-state index contributed by atoms with van der Waals surface area (Å²) < 4.78 is 53.7. The number of hydrogen-bond donors (Lipinski definition) is 3. The monoisotopic (exact) mass is 479 g/mol. The average Bonchev–Trinajstić information content (AvgIpc) is 3.53. The second-order valence-electron chi connectivity index (χ2n) is 7.99. The van der Waals surface area contributed by atoms with Crippen LogP contribution in [-0.2, 0) is 31.3 Å². The summed E-state index contributed by atoms with van der Waals surface area (Å²) in [5, 5.41) is 2.82. The molecule has 1 fully saturated rings. The molecule has 0 atom stereocenters. The molecule has 8 nitrogen and oxygen atoms in total. The van der Waals surface area contributed by atoms with Crippen molar-refractivity contribution in [2.45, 2.75) is 56.9 Å². The summed E-state index contributed by atoms with van der Waals surface area (Å²) in [6.45, 7) is 3.54. The van der Waals surface area contributed by atoms with Gasteiger partial charge in [-0.1, -0.05) is 25.1 Å². The molecule has 0 aliphatic heterocycles. The Labute approximate surface area is 189 Å². The number of sulfonamides is 2. The van der Waals surface area contributed by atoms with Crippen molar-refractivity contribution in [3.05, 3.63) is 53.6 Å². The molecule has 174 valence electrons. The summed E-state index contributed by atoms with van der Waals surface area (Å²) in [7, 11) is -6.92. The lowest BCUT2D eigenvalue weighted by Crippen LogP contribution is -2.25. The van der Waals surface area contributed by atoms with Crippen molar-refractivity contribution < 1.29 is 21.6 Å². The van der Waals surface area contributed by atoms with E-state index >= 15 is 0 Å². The van der Waals surface area contributed by atoms with Crippen LogP contribution in [-0.4, -0.2) is 34.5 Å². The highest BCUT2D eigenvalue weighted by molar-refractivity contribution is 7.92. The predicted octanol–water partition coefficient (Wildman–Crippen LogP) is 3.16. The Balaban J connectivity index is 1.57. The van der Waals surface area contributed by atoms with Gasteiger partial charge in [0.15, 0.2) is 0 Å². The van der Waals surface area contributed by atoms with Gasteiger partial charge in [-0.15, -0.1) is 0 Å². The molecule has 1 aliphatic rings. The van der Waals surface area contributed by atoms with Crippen molar-refractivity contribution in [2.24, 2.45) is 0 Å². The highest BCUT2D eigenvalue weighted by Crippen LogP contribution is 2.25. The summed E-state index contributed by atoms with van der Waals surface area (Å²) in [6.07, 6.45) is 2.91. The molecule has 1 aliphatic carbocycles. The molecule has 3 N–H and O–H groups in total. The molecule has 0 aromatic heterocycles. The molecule has 2 aromatic rings. The van der Waals surface area contributed by atoms with Gasteiger partial charge in [0, 0.05) is 18.2 Å². The lowest BCUT2D eigenvalue weighted by Gasteiger charge is -2.14. The third-order valence-corrected chi connectivity index (χ3v) is 8.13. The first-order valence-corrected chi connectivity index (χ1v) is 13.7. The molecule has 0 heterocycles. The predicted molar refractivity (Wildman–Crippen MR) is 126 cm³/mol. The fraction of sp³-hybridized carbons (Fsp3) is 0.409. The van der Waals surface area contributed by atoms with Gasteiger partial charge in [-0.05, 0) is 68.0 Å². The van der Waals surface area contributed by atoms with Crippen LogP contribution in [0.15, 0.2) is 47.4 Å². The van der Waals surface area contributed by atoms with Crippen LogP contribution in [0, 0.1) is 6.92 Å². The number of amides is 1. The Morgan fingerprint density at radius 1 is 1.00 bits per heavy atom. The first-order valence-electron chi connectivity index (χ1n) is 10.6. The molecular formula is C22H29N3O5S2. The summed E-state index contributed by atoms with van der Waals surface area (Å²) in [4.78, 5) is 12.7. The minimum absolute atomic E-state index is 0.0275. The molecule has 0 spiro atoms. The van der Waals surface area contributed by atoms with Gasteiger partial charge in [0.05, 0.1) is 16.3 Å². The van der Waals surface area contributed by atoms with E-state index in [2.05, 4.69) is 14.8 Å². The molecule has 1 saturated carbocycles. The van der Waals surface area contributed by atoms with E-state index in [0.29, 0.717) is 29.8 Å². The quantitative estimate of drug-likeness (QED) is 0.457. The van der Waals surface area contributed by atoms with E-state index in [9.17, 15) is 21.6 Å². The third kappa shape index (κ3) is 6.78. The molecular weight excluding hydrogens is 450 g/mol. The molecule has 1 amide bonds. The fourth-order valence-electron chi connectivity index (χ4n) is 3.16. The number of anilines is 2. The molecule has 0 unspecified atom stereocenters. The standard InChI is InChI=1S/C22H29N3O5S2/c1-3-15-31(27,28)25-21-6-4-5-20(16(21)2)23-22(26)14-9-17-7-12-19(13-8-17)32(29,30)24-18-10-11-18/h4-8,12-13,18,24-25H,3,9-11,14-15H2,1-2H3,(H,23,26). The van der Waals surface area contributed by atoms with Gasteiger partial charge in [-0.25, -0.2) is 21.6 Å². The van der Waals surface area contributed by atoms with E-state index in [4.69, 9.17) is 0 Å². The van der Waals surface area contributed by atoms with Crippen molar-refractivity contribution in [1.82, 2.24) is 4.72 Å². The van der Waals surface area contributed by atoms with Crippen molar-refractivity contribution in [1.29, 1.82) is 0 Å². The van der Waals surface area contributed by atoms with Gasteiger partial charge in [0.2, 0.25) is 26.0 Å². The number of benzene rings is 2. The first kappa shape index (κ1) is 24.2. The van der Waals surface area contributed by atoms with Crippen molar-refractivity contribution in [3.8, 4) is 0 Å². The fourth-order valence-corrected chi connectivity index (χ4v) is 5.66. The summed E-state index contributed by atoms with van der Waals surface area (Å²) >= 11 is 0. The largest absolute Gasteiger partial charge is 0.326 e. The van der Waals surface area contributed by atoms with Crippen LogP contribution < -0.4 is 14.8 Å². The zero-order valence-corrected chi connectivity index (χ0v) is 19.9. The Bertz CT molecular complexity index is 1170. The zero-order chi connectivity index (χ0) is 23.4. The molecule has 3 rings (SSSR count). The lowest BCUT2D eigenvalue weighted by atomic mass is 10.1. The number of nitrogens with one attached hydrogen (secondary N) is 3. The Kier molecular flexibility index (Phi) is 7.58. The van der Waals surface area contributed by atoms with Gasteiger partial charge in [0.25, 0.3) is 0 Å². The molecule has 2 aromatic carbocycles. The molecule has 10 heteroatoms. The van der Waals surface area contributed by atoms with Crippen LogP contribution in [0.2, 0.25) is 0 Å². The third-order valence-electron chi connectivity index (χ3n) is 5.12. The van der Waals surface area contributed by atoms with Gasteiger partial charge in [-0.2, -0.15) is 0 Å². The van der Waals surface area contributed by atoms with E-state index in [1.165, 1.54) is 0 Å². The van der Waals surface area contributed by atoms with E-state index in [-0.39, 0.29) is 29.0 Å². The topological polar surface area (TPSA) is 121 Å².